The molecule has 174 valence electrons. The average Bonchev–Trinajstić information content (AvgIpc) is 3.31. The molecule has 0 bridgehead atoms. The fourth-order valence-electron chi connectivity index (χ4n) is 4.88. The number of aliphatic carboxylic acids is 1. The van der Waals surface area contributed by atoms with Gasteiger partial charge in [0.1, 0.15) is 24.1 Å². The van der Waals surface area contributed by atoms with Crippen molar-refractivity contribution in [1.29, 1.82) is 0 Å². The van der Waals surface area contributed by atoms with Crippen LogP contribution in [0.2, 0.25) is 0 Å². The van der Waals surface area contributed by atoms with E-state index >= 15 is 0 Å². The topological polar surface area (TPSA) is 123 Å². The summed E-state index contributed by atoms with van der Waals surface area (Å²) in [6.07, 6.45) is 2.85. The van der Waals surface area contributed by atoms with Gasteiger partial charge in [0.2, 0.25) is 5.36 Å². The van der Waals surface area contributed by atoms with Crippen molar-refractivity contribution in [1.82, 2.24) is 4.58 Å². The van der Waals surface area contributed by atoms with Crippen molar-refractivity contribution in [3.05, 3.63) is 46.1 Å². The molecular formula is C23H27N3O6P+. The maximum Gasteiger partial charge on any atom is 0.325 e. The number of ether oxygens (including phenoxy) is 1. The van der Waals surface area contributed by atoms with E-state index in [4.69, 9.17) is 24.6 Å². The number of anilines is 1. The van der Waals surface area contributed by atoms with Crippen molar-refractivity contribution < 1.29 is 29.0 Å². The predicted molar refractivity (Wildman–Crippen MR) is 122 cm³/mol. The van der Waals surface area contributed by atoms with E-state index < -0.39 is 13.6 Å². The highest BCUT2D eigenvalue weighted by Gasteiger charge is 2.26. The molecule has 3 N–H and O–H groups in total. The first-order valence-electron chi connectivity index (χ1n) is 11.3. The predicted octanol–water partition coefficient (Wildman–Crippen LogP) is 1.59. The number of fused-ring (bicyclic) bond motifs is 4. The lowest BCUT2D eigenvalue weighted by Crippen LogP contribution is -2.29. The summed E-state index contributed by atoms with van der Waals surface area (Å²) < 4.78 is 19.6. The number of rotatable bonds is 8. The summed E-state index contributed by atoms with van der Waals surface area (Å²) in [5.74, 6) is 0.595. The van der Waals surface area contributed by atoms with Gasteiger partial charge in [-0.05, 0) is 30.5 Å². The first-order chi connectivity index (χ1) is 15.8. The zero-order valence-corrected chi connectivity index (χ0v) is 19.1. The Kier molecular flexibility index (Phi) is 5.72. The molecule has 0 saturated carbocycles. The third-order valence-corrected chi connectivity index (χ3v) is 7.36. The van der Waals surface area contributed by atoms with Gasteiger partial charge in [-0.3, -0.25) is 9.36 Å². The Morgan fingerprint density at radius 2 is 1.97 bits per heavy atom. The zero-order chi connectivity index (χ0) is 23.2. The Labute approximate surface area is 190 Å². The highest BCUT2D eigenvalue weighted by Crippen LogP contribution is 2.42. The summed E-state index contributed by atoms with van der Waals surface area (Å²) >= 11 is 0. The molecule has 5 rings (SSSR count). The number of carboxylic acids is 1. The van der Waals surface area contributed by atoms with Crippen LogP contribution < -0.4 is 24.9 Å². The molecule has 0 radical (unpaired) electrons. The highest BCUT2D eigenvalue weighted by molar-refractivity contribution is 7.51. The van der Waals surface area contributed by atoms with Crippen LogP contribution in [0.25, 0.3) is 0 Å². The van der Waals surface area contributed by atoms with E-state index in [-0.39, 0.29) is 12.6 Å². The molecule has 0 aliphatic carbocycles. The fraction of sp³-hybridized carbons (Fsp3) is 0.435. The normalized spacial score (nSPS) is 15.9. The first kappa shape index (κ1) is 22.1. The van der Waals surface area contributed by atoms with Crippen molar-refractivity contribution in [2.75, 3.05) is 37.2 Å². The monoisotopic (exact) mass is 472 g/mol. The lowest BCUT2D eigenvalue weighted by atomic mass is 10.1. The van der Waals surface area contributed by atoms with Crippen LogP contribution >= 0.6 is 7.60 Å². The minimum Gasteiger partial charge on any atom is -0.481 e. The Morgan fingerprint density at radius 1 is 1.12 bits per heavy atom. The molecular weight excluding hydrogens is 445 g/mol. The maximum absolute atomic E-state index is 11.2. The Hall–Kier alpha value is -2.74. The summed E-state index contributed by atoms with van der Waals surface area (Å²) in [5, 5.41) is 10.8. The van der Waals surface area contributed by atoms with Crippen molar-refractivity contribution in [2.45, 2.75) is 32.1 Å². The maximum atomic E-state index is 11.2. The SMILES string of the molecule is O=C(O)CCC[N+]1=c2cc3c(cc2CC1)=Nc1cc2c(cc1O3)N(CCCP(=O)(O)O)CC2. The second kappa shape index (κ2) is 8.56. The molecule has 3 heterocycles. The van der Waals surface area contributed by atoms with Crippen LogP contribution in [0.4, 0.5) is 11.4 Å². The smallest absolute Gasteiger partial charge is 0.325 e. The van der Waals surface area contributed by atoms with E-state index in [9.17, 15) is 9.36 Å². The molecule has 10 heteroatoms. The lowest BCUT2D eigenvalue weighted by molar-refractivity contribution is -0.137. The van der Waals surface area contributed by atoms with Gasteiger partial charge in [-0.2, -0.15) is 0 Å². The molecule has 0 amide bonds. The number of hydrogen-bond donors (Lipinski definition) is 3. The van der Waals surface area contributed by atoms with Crippen LogP contribution in [-0.4, -0.2) is 53.2 Å². The molecule has 0 spiro atoms. The third kappa shape index (κ3) is 4.67. The van der Waals surface area contributed by atoms with Crippen LogP contribution in [0.15, 0.2) is 29.3 Å². The van der Waals surface area contributed by atoms with E-state index in [1.807, 2.05) is 12.1 Å². The molecule has 0 aromatic heterocycles. The highest BCUT2D eigenvalue weighted by atomic mass is 31.2. The minimum absolute atomic E-state index is 0.114. The summed E-state index contributed by atoms with van der Waals surface area (Å²) in [6, 6.07) is 8.13. The largest absolute Gasteiger partial charge is 0.481 e. The molecule has 2 aromatic rings. The summed E-state index contributed by atoms with van der Waals surface area (Å²) in [7, 11) is -3.99. The van der Waals surface area contributed by atoms with Gasteiger partial charge in [-0.1, -0.05) is 0 Å². The molecule has 0 atom stereocenters. The van der Waals surface area contributed by atoms with Crippen LogP contribution in [-0.2, 0) is 22.2 Å². The lowest BCUT2D eigenvalue weighted by Gasteiger charge is -2.21. The van der Waals surface area contributed by atoms with Gasteiger partial charge < -0.3 is 24.5 Å². The van der Waals surface area contributed by atoms with Gasteiger partial charge in [-0.25, -0.2) is 9.57 Å². The van der Waals surface area contributed by atoms with E-state index in [0.717, 1.165) is 48.0 Å². The first-order valence-corrected chi connectivity index (χ1v) is 13.1. The molecule has 33 heavy (non-hydrogen) atoms. The summed E-state index contributed by atoms with van der Waals surface area (Å²) in [5.41, 5.74) is 4.22. The second-order valence-electron chi connectivity index (χ2n) is 8.82. The Morgan fingerprint density at radius 3 is 2.76 bits per heavy atom. The van der Waals surface area contributed by atoms with E-state index in [1.54, 1.807) is 0 Å². The van der Waals surface area contributed by atoms with E-state index in [2.05, 4.69) is 21.6 Å². The Balaban J connectivity index is 1.40. The summed E-state index contributed by atoms with van der Waals surface area (Å²) in [4.78, 5) is 36.1. The van der Waals surface area contributed by atoms with Gasteiger partial charge >= 0.3 is 13.6 Å². The number of hydrogen-bond acceptors (Lipinski definition) is 5. The van der Waals surface area contributed by atoms with Gasteiger partial charge in [-0.15, -0.1) is 0 Å². The quantitative estimate of drug-likeness (QED) is 0.336. The van der Waals surface area contributed by atoms with E-state index in [0.29, 0.717) is 37.4 Å². The standard InChI is InChI=1S/C23H26N3O6P/c27-23(28)3-1-6-25-8-4-15-11-17-21(13-19(15)25)32-22-14-20-16(12-18(22)24-17)5-9-26(20)7-2-10-33(29,30)31/h11-14H,1-10H2,(H2-,27,28,29,30,31)/p+1. The van der Waals surface area contributed by atoms with Crippen molar-refractivity contribution in [3.8, 4) is 11.5 Å². The molecule has 2 aromatic carbocycles. The zero-order valence-electron chi connectivity index (χ0n) is 18.2. The molecule has 0 fully saturated rings. The average molecular weight is 472 g/mol. The second-order valence-corrected chi connectivity index (χ2v) is 10.6. The van der Waals surface area contributed by atoms with Crippen LogP contribution in [0.1, 0.15) is 30.4 Å². The minimum atomic E-state index is -3.99. The molecule has 0 saturated heterocycles. The number of carboxylic acid groups (broad SMARTS) is 1. The van der Waals surface area contributed by atoms with Gasteiger partial charge in [0.25, 0.3) is 0 Å². The van der Waals surface area contributed by atoms with Crippen LogP contribution in [0.3, 0.4) is 0 Å². The molecule has 3 aliphatic heterocycles. The Bertz CT molecular complexity index is 1300. The van der Waals surface area contributed by atoms with Gasteiger partial charge in [0.15, 0.2) is 11.5 Å². The summed E-state index contributed by atoms with van der Waals surface area (Å²) in [6.45, 7) is 2.96. The van der Waals surface area contributed by atoms with Crippen molar-refractivity contribution >= 4 is 24.9 Å². The van der Waals surface area contributed by atoms with E-state index in [1.165, 1.54) is 11.1 Å². The van der Waals surface area contributed by atoms with Gasteiger partial charge in [0, 0.05) is 43.2 Å². The third-order valence-electron chi connectivity index (χ3n) is 6.46. The number of benzene rings is 2. The number of nitrogens with zero attached hydrogens (tertiary/aromatic N) is 3. The van der Waals surface area contributed by atoms with Crippen molar-refractivity contribution in [3.63, 3.8) is 0 Å². The molecule has 0 unspecified atom stereocenters. The molecule has 3 aliphatic rings. The number of carbonyl (C=O) groups is 1. The van der Waals surface area contributed by atoms with Crippen molar-refractivity contribution in [2.24, 2.45) is 4.99 Å². The fourth-order valence-corrected chi connectivity index (χ4v) is 5.44. The van der Waals surface area contributed by atoms with Crippen LogP contribution in [0, 0.1) is 0 Å². The molecule has 9 nitrogen and oxygen atoms in total. The van der Waals surface area contributed by atoms with Gasteiger partial charge in [0.05, 0.1) is 18.6 Å². The van der Waals surface area contributed by atoms with Crippen LogP contribution in [0.5, 0.6) is 11.5 Å².